The predicted molar refractivity (Wildman–Crippen MR) is 130 cm³/mol. The molecule has 1 aliphatic heterocycles. The van der Waals surface area contributed by atoms with Crippen LogP contribution in [-0.4, -0.2) is 50.6 Å². The molecule has 2 aromatic rings. The number of nitrogens with one attached hydrogen (secondary N) is 1. The summed E-state index contributed by atoms with van der Waals surface area (Å²) in [5.41, 5.74) is 1.26. The maximum Gasteiger partial charge on any atom is 0.338 e. The molecule has 0 aliphatic carbocycles. The second-order valence-corrected chi connectivity index (χ2v) is 8.88. The quantitative estimate of drug-likeness (QED) is 0.520. The van der Waals surface area contributed by atoms with Gasteiger partial charge in [0.1, 0.15) is 5.75 Å². The number of halogens is 1. The van der Waals surface area contributed by atoms with Crippen molar-refractivity contribution < 1.29 is 33.4 Å². The predicted octanol–water partition coefficient (Wildman–Crippen LogP) is 3.70. The highest BCUT2D eigenvalue weighted by atomic mass is 35.5. The summed E-state index contributed by atoms with van der Waals surface area (Å²) in [5, 5.41) is 3.02. The Morgan fingerprint density at radius 3 is 2.49 bits per heavy atom. The first-order valence-electron chi connectivity index (χ1n) is 11.1. The Balaban J connectivity index is 1.50. The fourth-order valence-corrected chi connectivity index (χ4v) is 3.61. The first-order chi connectivity index (χ1) is 16.7. The zero-order chi connectivity index (χ0) is 25.5. The molecular weight excluding hydrogens is 476 g/mol. The average Bonchev–Trinajstić information content (AvgIpc) is 3.22. The minimum Gasteiger partial charge on any atom is -0.495 e. The number of nitrogens with zero attached hydrogens (tertiary/aromatic N) is 1. The third-order valence-corrected chi connectivity index (χ3v) is 5.42. The van der Waals surface area contributed by atoms with Gasteiger partial charge in [-0.05, 0) is 48.4 Å². The van der Waals surface area contributed by atoms with E-state index in [9.17, 15) is 19.2 Å². The van der Waals surface area contributed by atoms with Gasteiger partial charge in [-0.2, -0.15) is 0 Å². The van der Waals surface area contributed by atoms with Gasteiger partial charge >= 0.3 is 11.9 Å². The number of hydrogen-bond donors (Lipinski definition) is 1. The van der Waals surface area contributed by atoms with Crippen LogP contribution in [0.3, 0.4) is 0 Å². The normalized spacial score (nSPS) is 15.2. The molecule has 1 atom stereocenters. The van der Waals surface area contributed by atoms with Crippen molar-refractivity contribution in [3.05, 3.63) is 53.1 Å². The smallest absolute Gasteiger partial charge is 0.338 e. The summed E-state index contributed by atoms with van der Waals surface area (Å²) in [5.74, 6) is -1.97. The summed E-state index contributed by atoms with van der Waals surface area (Å²) in [6.07, 6.45) is -0.0511. The lowest BCUT2D eigenvalue weighted by atomic mass is 10.1. The lowest BCUT2D eigenvalue weighted by Crippen LogP contribution is -2.28. The van der Waals surface area contributed by atoms with Crippen LogP contribution in [0.25, 0.3) is 0 Å². The highest BCUT2D eigenvalue weighted by molar-refractivity contribution is 6.31. The molecule has 9 nitrogen and oxygen atoms in total. The molecule has 10 heteroatoms. The molecule has 3 rings (SSSR count). The summed E-state index contributed by atoms with van der Waals surface area (Å²) in [6, 6.07) is 11.0. The molecule has 0 saturated carbocycles. The van der Waals surface area contributed by atoms with Crippen molar-refractivity contribution in [1.82, 2.24) is 0 Å². The van der Waals surface area contributed by atoms with E-state index in [0.717, 1.165) is 0 Å². The zero-order valence-corrected chi connectivity index (χ0v) is 20.5. The number of hydrogen-bond acceptors (Lipinski definition) is 7. The van der Waals surface area contributed by atoms with Crippen molar-refractivity contribution in [2.75, 3.05) is 37.1 Å². The van der Waals surface area contributed by atoms with Crippen LogP contribution in [0.15, 0.2) is 42.5 Å². The van der Waals surface area contributed by atoms with Gasteiger partial charge in [0, 0.05) is 23.7 Å². The lowest BCUT2D eigenvalue weighted by Gasteiger charge is -2.19. The average molecular weight is 503 g/mol. The molecule has 1 fully saturated rings. The number of ether oxygens (including phenoxy) is 3. The second kappa shape index (κ2) is 11.7. The highest BCUT2D eigenvalue weighted by Gasteiger charge is 2.37. The third kappa shape index (κ3) is 6.95. The molecule has 1 saturated heterocycles. The van der Waals surface area contributed by atoms with E-state index < -0.39 is 30.4 Å². The van der Waals surface area contributed by atoms with Crippen molar-refractivity contribution in [3.63, 3.8) is 0 Å². The third-order valence-electron chi connectivity index (χ3n) is 5.19. The first-order valence-corrected chi connectivity index (χ1v) is 11.4. The van der Waals surface area contributed by atoms with Crippen LogP contribution >= 0.6 is 11.6 Å². The monoisotopic (exact) mass is 502 g/mol. The lowest BCUT2D eigenvalue weighted by molar-refractivity contribution is -0.151. The maximum atomic E-state index is 12.5. The molecule has 0 radical (unpaired) electrons. The van der Waals surface area contributed by atoms with E-state index in [2.05, 4.69) is 5.32 Å². The number of carbonyl (C=O) groups excluding carboxylic acids is 4. The van der Waals surface area contributed by atoms with Crippen LogP contribution in [0.1, 0.15) is 30.6 Å². The fraction of sp³-hybridized carbons (Fsp3) is 0.360. The van der Waals surface area contributed by atoms with Gasteiger partial charge < -0.3 is 24.4 Å². The SMILES string of the molecule is COc1ccc(Cl)cc1N1C[C@H](C(=O)OCC(=O)Nc2ccc(C(=O)OCC(C)C)cc2)CC1=O. The molecule has 0 unspecified atom stereocenters. The number of methoxy groups -OCH3 is 1. The van der Waals surface area contributed by atoms with E-state index in [1.54, 1.807) is 30.3 Å². The van der Waals surface area contributed by atoms with E-state index >= 15 is 0 Å². The summed E-state index contributed by atoms with van der Waals surface area (Å²) < 4.78 is 15.6. The number of anilines is 2. The molecule has 0 aromatic heterocycles. The highest BCUT2D eigenvalue weighted by Crippen LogP contribution is 2.35. The van der Waals surface area contributed by atoms with Crippen LogP contribution in [0.4, 0.5) is 11.4 Å². The molecule has 2 aromatic carbocycles. The Morgan fingerprint density at radius 2 is 1.83 bits per heavy atom. The Morgan fingerprint density at radius 1 is 1.11 bits per heavy atom. The molecule has 2 amide bonds. The number of benzene rings is 2. The van der Waals surface area contributed by atoms with E-state index in [-0.39, 0.29) is 24.8 Å². The molecule has 1 N–H and O–H groups in total. The van der Waals surface area contributed by atoms with E-state index in [4.69, 9.17) is 25.8 Å². The minimum atomic E-state index is -0.727. The summed E-state index contributed by atoms with van der Waals surface area (Å²) in [6.45, 7) is 3.78. The van der Waals surface area contributed by atoms with Gasteiger partial charge in [-0.15, -0.1) is 0 Å². The van der Waals surface area contributed by atoms with E-state index in [0.29, 0.717) is 34.3 Å². The number of amides is 2. The first kappa shape index (κ1) is 26.0. The van der Waals surface area contributed by atoms with Crippen molar-refractivity contribution in [2.24, 2.45) is 11.8 Å². The van der Waals surface area contributed by atoms with Gasteiger partial charge in [-0.25, -0.2) is 4.79 Å². The van der Waals surface area contributed by atoms with Gasteiger partial charge in [0.15, 0.2) is 6.61 Å². The van der Waals surface area contributed by atoms with Crippen molar-refractivity contribution in [1.29, 1.82) is 0 Å². The Bertz CT molecular complexity index is 1100. The summed E-state index contributed by atoms with van der Waals surface area (Å²) >= 11 is 6.05. The topological polar surface area (TPSA) is 111 Å². The molecule has 1 aliphatic rings. The van der Waals surface area contributed by atoms with Crippen LogP contribution in [0.5, 0.6) is 5.75 Å². The van der Waals surface area contributed by atoms with Gasteiger partial charge in [0.2, 0.25) is 5.91 Å². The molecule has 1 heterocycles. The number of esters is 2. The zero-order valence-electron chi connectivity index (χ0n) is 19.7. The van der Waals surface area contributed by atoms with Gasteiger partial charge in [-0.1, -0.05) is 25.4 Å². The van der Waals surface area contributed by atoms with E-state index in [1.165, 1.54) is 24.1 Å². The van der Waals surface area contributed by atoms with Crippen LogP contribution in [-0.2, 0) is 23.9 Å². The molecule has 35 heavy (non-hydrogen) atoms. The Hall–Kier alpha value is -3.59. The molecule has 0 bridgehead atoms. The second-order valence-electron chi connectivity index (χ2n) is 8.45. The van der Waals surface area contributed by atoms with Crippen LogP contribution < -0.4 is 15.0 Å². The van der Waals surface area contributed by atoms with E-state index in [1.807, 2.05) is 13.8 Å². The largest absolute Gasteiger partial charge is 0.495 e. The van der Waals surface area contributed by atoms with Crippen LogP contribution in [0, 0.1) is 11.8 Å². The molecule has 186 valence electrons. The standard InChI is InChI=1S/C25H27ClN2O7/c1-15(2)13-34-24(31)16-4-7-19(8-5-16)27-22(29)14-35-25(32)17-10-23(30)28(12-17)20-11-18(26)6-9-21(20)33-3/h4-9,11,15,17H,10,12-14H2,1-3H3,(H,27,29)/t17-/m1/s1. The number of rotatable bonds is 9. The number of carbonyl (C=O) groups is 4. The fourth-order valence-electron chi connectivity index (χ4n) is 3.44. The molecule has 0 spiro atoms. The van der Waals surface area contributed by atoms with Crippen LogP contribution in [0.2, 0.25) is 5.02 Å². The maximum absolute atomic E-state index is 12.5. The van der Waals surface area contributed by atoms with Gasteiger partial charge in [0.05, 0.1) is 30.9 Å². The minimum absolute atomic E-state index is 0.0511. The molecular formula is C25H27ClN2O7. The van der Waals surface area contributed by atoms with Crippen molar-refractivity contribution in [2.45, 2.75) is 20.3 Å². The summed E-state index contributed by atoms with van der Waals surface area (Å²) in [4.78, 5) is 50.6. The van der Waals surface area contributed by atoms with Gasteiger partial charge in [0.25, 0.3) is 5.91 Å². The van der Waals surface area contributed by atoms with Gasteiger partial charge in [-0.3, -0.25) is 14.4 Å². The Kier molecular flexibility index (Phi) is 8.70. The summed E-state index contributed by atoms with van der Waals surface area (Å²) in [7, 11) is 1.48. The van der Waals surface area contributed by atoms with Crippen molar-refractivity contribution >= 4 is 46.7 Å². The Labute approximate surface area is 208 Å². The van der Waals surface area contributed by atoms with Crippen molar-refractivity contribution in [3.8, 4) is 5.75 Å².